The number of anilines is 1. The largest absolute Gasteiger partial charge is 0.322 e. The van der Waals surface area contributed by atoms with E-state index in [1.54, 1.807) is 6.07 Å². The first-order valence-electron chi connectivity index (χ1n) is 5.01. The Labute approximate surface area is 131 Å². The molecule has 1 aromatic heterocycles. The Kier molecular flexibility index (Phi) is 4.84. The molecular formula is C12H8Br2ClNOS. The van der Waals surface area contributed by atoms with Gasteiger partial charge in [-0.2, -0.15) is 0 Å². The van der Waals surface area contributed by atoms with Crippen LogP contribution in [0.15, 0.2) is 37.9 Å². The highest BCUT2D eigenvalue weighted by atomic mass is 79.9. The van der Waals surface area contributed by atoms with Gasteiger partial charge in [0.1, 0.15) is 0 Å². The molecule has 1 aromatic carbocycles. The van der Waals surface area contributed by atoms with Crippen LogP contribution in [-0.4, -0.2) is 5.91 Å². The summed E-state index contributed by atoms with van der Waals surface area (Å²) in [7, 11) is 0. The predicted octanol–water partition coefficient (Wildman–Crippen LogP) is 5.26. The third-order valence-electron chi connectivity index (χ3n) is 2.27. The first kappa shape index (κ1) is 14.1. The maximum Gasteiger partial charge on any atom is 0.257 e. The standard InChI is InChI=1S/C12H8Br2ClNOS/c13-10-5-9(11(14)18-10)12(17)16-8-3-1-7(6-15)2-4-8/h1-5H,6H2,(H,16,17). The Hall–Kier alpha value is -0.360. The molecule has 2 rings (SSSR count). The molecule has 0 spiro atoms. The average molecular weight is 410 g/mol. The summed E-state index contributed by atoms with van der Waals surface area (Å²) in [5.74, 6) is 0.333. The summed E-state index contributed by atoms with van der Waals surface area (Å²) < 4.78 is 1.72. The molecule has 1 N–H and O–H groups in total. The summed E-state index contributed by atoms with van der Waals surface area (Å²) in [4.78, 5) is 12.0. The molecule has 0 aliphatic carbocycles. The van der Waals surface area contributed by atoms with E-state index >= 15 is 0 Å². The Bertz CT molecular complexity index is 568. The van der Waals surface area contributed by atoms with Crippen LogP contribution in [0.4, 0.5) is 5.69 Å². The molecule has 1 amide bonds. The van der Waals surface area contributed by atoms with Crippen molar-refractivity contribution in [1.29, 1.82) is 0 Å². The van der Waals surface area contributed by atoms with Crippen molar-refractivity contribution in [3.05, 3.63) is 49.0 Å². The van der Waals surface area contributed by atoms with Gasteiger partial charge in [-0.3, -0.25) is 4.79 Å². The van der Waals surface area contributed by atoms with E-state index in [4.69, 9.17) is 11.6 Å². The topological polar surface area (TPSA) is 29.1 Å². The second kappa shape index (κ2) is 6.19. The first-order chi connectivity index (χ1) is 8.60. The van der Waals surface area contributed by atoms with Gasteiger partial charge in [-0.05, 0) is 55.6 Å². The maximum atomic E-state index is 12.0. The molecule has 0 aliphatic heterocycles. The van der Waals surface area contributed by atoms with Crippen molar-refractivity contribution in [2.24, 2.45) is 0 Å². The average Bonchev–Trinajstić information content (AvgIpc) is 2.69. The van der Waals surface area contributed by atoms with Crippen LogP contribution < -0.4 is 5.32 Å². The molecule has 2 aromatic rings. The van der Waals surface area contributed by atoms with Crippen LogP contribution >= 0.6 is 54.8 Å². The van der Waals surface area contributed by atoms with E-state index in [2.05, 4.69) is 37.2 Å². The normalized spacial score (nSPS) is 10.4. The summed E-state index contributed by atoms with van der Waals surface area (Å²) in [5, 5.41) is 2.84. The van der Waals surface area contributed by atoms with E-state index < -0.39 is 0 Å². The number of hydrogen-bond donors (Lipinski definition) is 1. The molecule has 94 valence electrons. The smallest absolute Gasteiger partial charge is 0.257 e. The van der Waals surface area contributed by atoms with Crippen LogP contribution in [0, 0.1) is 0 Å². The zero-order chi connectivity index (χ0) is 13.1. The zero-order valence-corrected chi connectivity index (χ0v) is 13.8. The van der Waals surface area contributed by atoms with Gasteiger partial charge in [-0.25, -0.2) is 0 Å². The van der Waals surface area contributed by atoms with Gasteiger partial charge in [0, 0.05) is 11.6 Å². The molecule has 0 unspecified atom stereocenters. The highest BCUT2D eigenvalue weighted by Gasteiger charge is 2.13. The van der Waals surface area contributed by atoms with Gasteiger partial charge >= 0.3 is 0 Å². The van der Waals surface area contributed by atoms with Crippen molar-refractivity contribution >= 4 is 66.4 Å². The first-order valence-corrected chi connectivity index (χ1v) is 7.95. The number of carbonyl (C=O) groups is 1. The number of hydrogen-bond acceptors (Lipinski definition) is 2. The van der Waals surface area contributed by atoms with Gasteiger partial charge < -0.3 is 5.32 Å². The zero-order valence-electron chi connectivity index (χ0n) is 9.04. The highest BCUT2D eigenvalue weighted by Crippen LogP contribution is 2.32. The minimum Gasteiger partial charge on any atom is -0.322 e. The van der Waals surface area contributed by atoms with Crippen molar-refractivity contribution < 1.29 is 4.79 Å². The summed E-state index contributed by atoms with van der Waals surface area (Å²) in [5.41, 5.74) is 2.39. The highest BCUT2D eigenvalue weighted by molar-refractivity contribution is 9.12. The third-order valence-corrected chi connectivity index (χ3v) is 4.92. The molecule has 0 fully saturated rings. The minimum absolute atomic E-state index is 0.137. The van der Waals surface area contributed by atoms with Gasteiger partial charge in [0.25, 0.3) is 5.91 Å². The molecule has 18 heavy (non-hydrogen) atoms. The van der Waals surface area contributed by atoms with Crippen molar-refractivity contribution in [2.75, 3.05) is 5.32 Å². The lowest BCUT2D eigenvalue weighted by Gasteiger charge is -2.04. The van der Waals surface area contributed by atoms with Crippen LogP contribution in [0.3, 0.4) is 0 Å². The second-order valence-corrected chi connectivity index (χ2v) is 7.54. The van der Waals surface area contributed by atoms with Crippen LogP contribution in [-0.2, 0) is 5.88 Å². The molecule has 2 nitrogen and oxygen atoms in total. The molecular weight excluding hydrogens is 401 g/mol. The van der Waals surface area contributed by atoms with Crippen molar-refractivity contribution in [3.63, 3.8) is 0 Å². The lowest BCUT2D eigenvalue weighted by atomic mass is 10.2. The molecule has 0 saturated carbocycles. The Balaban J connectivity index is 2.13. The Morgan fingerprint density at radius 3 is 2.44 bits per heavy atom. The fourth-order valence-electron chi connectivity index (χ4n) is 1.37. The van der Waals surface area contributed by atoms with Gasteiger partial charge in [0.05, 0.1) is 13.1 Å². The van der Waals surface area contributed by atoms with Crippen LogP contribution in [0.1, 0.15) is 15.9 Å². The number of carbonyl (C=O) groups excluding carboxylic acids is 1. The van der Waals surface area contributed by atoms with E-state index in [0.29, 0.717) is 11.4 Å². The molecule has 0 atom stereocenters. The predicted molar refractivity (Wildman–Crippen MR) is 83.7 cm³/mol. The second-order valence-electron chi connectivity index (χ2n) is 3.52. The molecule has 6 heteroatoms. The number of amides is 1. The van der Waals surface area contributed by atoms with Crippen molar-refractivity contribution in [3.8, 4) is 0 Å². The summed E-state index contributed by atoms with van der Waals surface area (Å²) in [6, 6.07) is 9.25. The van der Waals surface area contributed by atoms with Gasteiger partial charge in [0.2, 0.25) is 0 Å². The van der Waals surface area contributed by atoms with Crippen LogP contribution in [0.25, 0.3) is 0 Å². The Morgan fingerprint density at radius 1 is 1.28 bits per heavy atom. The SMILES string of the molecule is O=C(Nc1ccc(CCl)cc1)c1cc(Br)sc1Br. The molecule has 0 radical (unpaired) electrons. The third kappa shape index (κ3) is 3.35. The van der Waals surface area contributed by atoms with E-state index in [1.165, 1.54) is 11.3 Å². The lowest BCUT2D eigenvalue weighted by molar-refractivity contribution is 0.102. The lowest BCUT2D eigenvalue weighted by Crippen LogP contribution is -2.11. The van der Waals surface area contributed by atoms with Crippen molar-refractivity contribution in [2.45, 2.75) is 5.88 Å². The number of nitrogens with one attached hydrogen (secondary N) is 1. The number of alkyl halides is 1. The fraction of sp³-hybridized carbons (Fsp3) is 0.0833. The number of benzene rings is 1. The number of thiophene rings is 1. The Morgan fingerprint density at radius 2 is 1.94 bits per heavy atom. The quantitative estimate of drug-likeness (QED) is 0.688. The fourth-order valence-corrected chi connectivity index (χ4v) is 4.34. The maximum absolute atomic E-state index is 12.0. The van der Waals surface area contributed by atoms with Crippen molar-refractivity contribution in [1.82, 2.24) is 0 Å². The van der Waals surface area contributed by atoms with Gasteiger partial charge in [0.15, 0.2) is 0 Å². The molecule has 1 heterocycles. The molecule has 0 bridgehead atoms. The summed E-state index contributed by atoms with van der Waals surface area (Å²) in [6.07, 6.45) is 0. The van der Waals surface area contributed by atoms with E-state index in [0.717, 1.165) is 18.8 Å². The van der Waals surface area contributed by atoms with E-state index in [1.807, 2.05) is 24.3 Å². The number of halogens is 3. The van der Waals surface area contributed by atoms with E-state index in [-0.39, 0.29) is 5.91 Å². The molecule has 0 saturated heterocycles. The minimum atomic E-state index is -0.137. The van der Waals surface area contributed by atoms with Gasteiger partial charge in [-0.1, -0.05) is 12.1 Å². The number of rotatable bonds is 3. The van der Waals surface area contributed by atoms with Crippen LogP contribution in [0.5, 0.6) is 0 Å². The summed E-state index contributed by atoms with van der Waals surface area (Å²) >= 11 is 13.9. The van der Waals surface area contributed by atoms with Crippen LogP contribution in [0.2, 0.25) is 0 Å². The van der Waals surface area contributed by atoms with E-state index in [9.17, 15) is 4.79 Å². The molecule has 0 aliphatic rings. The van der Waals surface area contributed by atoms with Gasteiger partial charge in [-0.15, -0.1) is 22.9 Å². The summed E-state index contributed by atoms with van der Waals surface area (Å²) in [6.45, 7) is 0. The monoisotopic (exact) mass is 407 g/mol.